The van der Waals surface area contributed by atoms with Crippen LogP contribution in [-0.4, -0.2) is 37.2 Å². The average Bonchev–Trinajstić information content (AvgIpc) is 2.95. The minimum Gasteiger partial charge on any atom is -0.507 e. The van der Waals surface area contributed by atoms with Crippen molar-refractivity contribution in [2.75, 3.05) is 17.2 Å². The van der Waals surface area contributed by atoms with Crippen molar-refractivity contribution in [3.63, 3.8) is 0 Å². The van der Waals surface area contributed by atoms with Crippen molar-refractivity contribution in [1.82, 2.24) is 19.5 Å². The SMILES string of the molecule is Cc1cccc(CNc2nc(NCC(C)N)nc3c2ncn3C)c1O. The molecule has 0 aliphatic carbocycles. The van der Waals surface area contributed by atoms with Crippen LogP contribution in [0.1, 0.15) is 18.1 Å². The largest absolute Gasteiger partial charge is 0.507 e. The van der Waals surface area contributed by atoms with E-state index < -0.39 is 0 Å². The highest BCUT2D eigenvalue weighted by Gasteiger charge is 2.13. The first-order valence-electron chi connectivity index (χ1n) is 8.15. The van der Waals surface area contributed by atoms with E-state index in [1.165, 1.54) is 0 Å². The van der Waals surface area contributed by atoms with E-state index in [4.69, 9.17) is 5.73 Å². The number of hydrogen-bond donors (Lipinski definition) is 4. The molecule has 3 aromatic rings. The molecule has 1 aromatic carbocycles. The molecule has 1 unspecified atom stereocenters. The fraction of sp³-hybridized carbons (Fsp3) is 0.353. The van der Waals surface area contributed by atoms with Crippen molar-refractivity contribution in [2.24, 2.45) is 12.8 Å². The first kappa shape index (κ1) is 17.0. The molecule has 25 heavy (non-hydrogen) atoms. The monoisotopic (exact) mass is 341 g/mol. The van der Waals surface area contributed by atoms with Gasteiger partial charge in [0.1, 0.15) is 5.75 Å². The third-order valence-corrected chi connectivity index (χ3v) is 3.91. The fourth-order valence-electron chi connectivity index (χ4n) is 2.50. The van der Waals surface area contributed by atoms with Crippen LogP contribution in [0.5, 0.6) is 5.75 Å². The van der Waals surface area contributed by atoms with E-state index in [0.717, 1.165) is 16.8 Å². The van der Waals surface area contributed by atoms with Crippen LogP contribution in [0.3, 0.4) is 0 Å². The molecule has 2 aromatic heterocycles. The van der Waals surface area contributed by atoms with Crippen LogP contribution < -0.4 is 16.4 Å². The van der Waals surface area contributed by atoms with Crippen molar-refractivity contribution >= 4 is 22.9 Å². The van der Waals surface area contributed by atoms with Crippen LogP contribution in [0.25, 0.3) is 11.2 Å². The number of rotatable bonds is 6. The standard InChI is InChI=1S/C17H23N7O/c1-10-5-4-6-12(14(10)25)8-19-15-13-16(24(3)9-21-13)23-17(22-15)20-7-11(2)18/h4-6,9,11,25H,7-8,18H2,1-3H3,(H2,19,20,22,23). The zero-order valence-corrected chi connectivity index (χ0v) is 14.6. The van der Waals surface area contributed by atoms with Gasteiger partial charge in [-0.2, -0.15) is 9.97 Å². The van der Waals surface area contributed by atoms with Crippen LogP contribution in [0.2, 0.25) is 0 Å². The van der Waals surface area contributed by atoms with Gasteiger partial charge in [-0.15, -0.1) is 0 Å². The minimum absolute atomic E-state index is 0.00788. The van der Waals surface area contributed by atoms with E-state index in [9.17, 15) is 5.11 Å². The van der Waals surface area contributed by atoms with Gasteiger partial charge in [-0.3, -0.25) is 0 Å². The van der Waals surface area contributed by atoms with Gasteiger partial charge in [-0.25, -0.2) is 4.98 Å². The van der Waals surface area contributed by atoms with Crippen molar-refractivity contribution in [3.8, 4) is 5.75 Å². The summed E-state index contributed by atoms with van der Waals surface area (Å²) in [6.45, 7) is 4.79. The highest BCUT2D eigenvalue weighted by molar-refractivity contribution is 5.84. The molecule has 0 amide bonds. The Morgan fingerprint density at radius 3 is 2.84 bits per heavy atom. The predicted molar refractivity (Wildman–Crippen MR) is 98.6 cm³/mol. The maximum absolute atomic E-state index is 10.2. The first-order valence-corrected chi connectivity index (χ1v) is 8.15. The third-order valence-electron chi connectivity index (χ3n) is 3.91. The second-order valence-corrected chi connectivity index (χ2v) is 6.22. The van der Waals surface area contributed by atoms with E-state index in [1.807, 2.05) is 43.7 Å². The van der Waals surface area contributed by atoms with Crippen LogP contribution in [0.15, 0.2) is 24.5 Å². The Balaban J connectivity index is 1.90. The quantitative estimate of drug-likeness (QED) is 0.540. The lowest BCUT2D eigenvalue weighted by atomic mass is 10.1. The Kier molecular flexibility index (Phi) is 4.71. The Bertz CT molecular complexity index is 888. The summed E-state index contributed by atoms with van der Waals surface area (Å²) in [6, 6.07) is 5.65. The number of hydrogen-bond acceptors (Lipinski definition) is 7. The molecule has 0 saturated heterocycles. The summed E-state index contributed by atoms with van der Waals surface area (Å²) < 4.78 is 1.84. The summed E-state index contributed by atoms with van der Waals surface area (Å²) >= 11 is 0. The number of aromatic nitrogens is 4. The highest BCUT2D eigenvalue weighted by Crippen LogP contribution is 2.24. The summed E-state index contributed by atoms with van der Waals surface area (Å²) in [7, 11) is 1.88. The Labute approximate surface area is 146 Å². The molecule has 0 spiro atoms. The van der Waals surface area contributed by atoms with Crippen LogP contribution in [0.4, 0.5) is 11.8 Å². The fourth-order valence-corrected chi connectivity index (χ4v) is 2.50. The molecule has 0 aliphatic heterocycles. The van der Waals surface area contributed by atoms with Crippen molar-refractivity contribution in [1.29, 1.82) is 0 Å². The van der Waals surface area contributed by atoms with Gasteiger partial charge in [0.25, 0.3) is 0 Å². The zero-order chi connectivity index (χ0) is 18.0. The van der Waals surface area contributed by atoms with Crippen LogP contribution >= 0.6 is 0 Å². The van der Waals surface area contributed by atoms with E-state index >= 15 is 0 Å². The minimum atomic E-state index is -0.00788. The molecule has 132 valence electrons. The molecule has 0 fully saturated rings. The van der Waals surface area contributed by atoms with E-state index in [-0.39, 0.29) is 11.8 Å². The normalized spacial score (nSPS) is 12.3. The number of nitrogens with one attached hydrogen (secondary N) is 2. The average molecular weight is 341 g/mol. The first-order chi connectivity index (χ1) is 12.0. The van der Waals surface area contributed by atoms with Gasteiger partial charge in [-0.05, 0) is 19.4 Å². The molecule has 8 nitrogen and oxygen atoms in total. The lowest BCUT2D eigenvalue weighted by Gasteiger charge is -2.12. The summed E-state index contributed by atoms with van der Waals surface area (Å²) in [5.74, 6) is 1.39. The summed E-state index contributed by atoms with van der Waals surface area (Å²) in [6.07, 6.45) is 1.70. The summed E-state index contributed by atoms with van der Waals surface area (Å²) in [5, 5.41) is 16.6. The second kappa shape index (κ2) is 6.94. The van der Waals surface area contributed by atoms with Gasteiger partial charge < -0.3 is 26.0 Å². The number of fused-ring (bicyclic) bond motifs is 1. The van der Waals surface area contributed by atoms with Gasteiger partial charge in [0.2, 0.25) is 5.95 Å². The Morgan fingerprint density at radius 2 is 2.08 bits per heavy atom. The number of nitrogens with zero attached hydrogens (tertiary/aromatic N) is 4. The molecule has 0 aliphatic rings. The maximum Gasteiger partial charge on any atom is 0.226 e. The van der Waals surface area contributed by atoms with Gasteiger partial charge in [0.15, 0.2) is 17.0 Å². The van der Waals surface area contributed by atoms with Gasteiger partial charge in [0, 0.05) is 31.7 Å². The number of anilines is 2. The molecule has 0 bridgehead atoms. The molecule has 0 saturated carbocycles. The smallest absolute Gasteiger partial charge is 0.226 e. The Morgan fingerprint density at radius 1 is 1.28 bits per heavy atom. The van der Waals surface area contributed by atoms with E-state index in [1.54, 1.807) is 6.33 Å². The second-order valence-electron chi connectivity index (χ2n) is 6.22. The number of phenolic OH excluding ortho intramolecular Hbond substituents is 1. The van der Waals surface area contributed by atoms with E-state index in [0.29, 0.717) is 30.4 Å². The van der Waals surface area contributed by atoms with E-state index in [2.05, 4.69) is 25.6 Å². The number of phenols is 1. The molecular weight excluding hydrogens is 318 g/mol. The van der Waals surface area contributed by atoms with Gasteiger partial charge in [-0.1, -0.05) is 18.2 Å². The molecule has 8 heteroatoms. The maximum atomic E-state index is 10.2. The van der Waals surface area contributed by atoms with Crippen molar-refractivity contribution in [2.45, 2.75) is 26.4 Å². The molecule has 5 N–H and O–H groups in total. The lowest BCUT2D eigenvalue weighted by molar-refractivity contribution is 0.465. The van der Waals surface area contributed by atoms with Crippen LogP contribution in [0, 0.1) is 6.92 Å². The summed E-state index contributed by atoms with van der Waals surface area (Å²) in [5.41, 5.74) is 8.83. The number of para-hydroxylation sites is 1. The summed E-state index contributed by atoms with van der Waals surface area (Å²) in [4.78, 5) is 13.4. The van der Waals surface area contributed by atoms with Gasteiger partial charge in [0.05, 0.1) is 6.33 Å². The number of nitrogens with two attached hydrogens (primary N) is 1. The number of benzene rings is 1. The predicted octanol–water partition coefficient (Wildman–Crippen LogP) is 1.75. The zero-order valence-electron chi connectivity index (χ0n) is 14.6. The van der Waals surface area contributed by atoms with Crippen molar-refractivity contribution in [3.05, 3.63) is 35.7 Å². The lowest BCUT2D eigenvalue weighted by Crippen LogP contribution is -2.26. The number of aromatic hydroxyl groups is 1. The number of imidazole rings is 1. The highest BCUT2D eigenvalue weighted by atomic mass is 16.3. The van der Waals surface area contributed by atoms with Crippen LogP contribution in [-0.2, 0) is 13.6 Å². The Hall–Kier alpha value is -2.87. The molecular formula is C17H23N7O. The number of aryl methyl sites for hydroxylation is 2. The molecule has 0 radical (unpaired) electrons. The van der Waals surface area contributed by atoms with Crippen molar-refractivity contribution < 1.29 is 5.11 Å². The topological polar surface area (TPSA) is 114 Å². The van der Waals surface area contributed by atoms with Gasteiger partial charge >= 0.3 is 0 Å². The molecule has 1 atom stereocenters. The third kappa shape index (κ3) is 3.63. The molecule has 3 rings (SSSR count). The molecule has 2 heterocycles.